The highest BCUT2D eigenvalue weighted by Gasteiger charge is 2.34. The van der Waals surface area contributed by atoms with Gasteiger partial charge in [-0.15, -0.1) is 0 Å². The van der Waals surface area contributed by atoms with Crippen LogP contribution < -0.4 is 10.1 Å². The Kier molecular flexibility index (Phi) is 5.05. The standard InChI is InChI=1S/C17H20N2O4/c1-17(18-12-20,16(21)23-3)11-13-6-7-15(22-2)14(10-13)19-8-4-5-9-19/h4-10,12H,11H2,1-3H3,(H,18,20)/t17-/m0/s1. The molecule has 0 unspecified atom stereocenters. The van der Waals surface area contributed by atoms with Crippen molar-refractivity contribution in [3.05, 3.63) is 48.3 Å². The summed E-state index contributed by atoms with van der Waals surface area (Å²) in [5.41, 5.74) is 0.601. The molecule has 6 heteroatoms. The Morgan fingerprint density at radius 1 is 1.30 bits per heavy atom. The Bertz CT molecular complexity index is 682. The SMILES string of the molecule is COC(=O)[C@](C)(Cc1ccc(OC)c(-n2cccc2)c1)NC=O. The summed E-state index contributed by atoms with van der Waals surface area (Å²) in [5.74, 6) is 0.219. The summed E-state index contributed by atoms with van der Waals surface area (Å²) >= 11 is 0. The van der Waals surface area contributed by atoms with Gasteiger partial charge in [-0.25, -0.2) is 4.79 Å². The van der Waals surface area contributed by atoms with Crippen molar-refractivity contribution in [3.63, 3.8) is 0 Å². The maximum Gasteiger partial charge on any atom is 0.331 e. The van der Waals surface area contributed by atoms with Crippen LogP contribution in [0, 0.1) is 0 Å². The summed E-state index contributed by atoms with van der Waals surface area (Å²) in [6.45, 7) is 1.63. The predicted molar refractivity (Wildman–Crippen MR) is 85.6 cm³/mol. The Balaban J connectivity index is 2.38. The van der Waals surface area contributed by atoms with Crippen LogP contribution in [0.4, 0.5) is 0 Å². The number of amides is 1. The number of aromatic nitrogens is 1. The first-order chi connectivity index (χ1) is 11.0. The molecule has 0 fully saturated rings. The number of methoxy groups -OCH3 is 2. The average molecular weight is 316 g/mol. The number of rotatable bonds is 7. The van der Waals surface area contributed by atoms with E-state index in [4.69, 9.17) is 9.47 Å². The summed E-state index contributed by atoms with van der Waals surface area (Å²) in [4.78, 5) is 22.8. The van der Waals surface area contributed by atoms with Crippen molar-refractivity contribution in [1.82, 2.24) is 9.88 Å². The lowest BCUT2D eigenvalue weighted by Gasteiger charge is -2.26. The summed E-state index contributed by atoms with van der Waals surface area (Å²) < 4.78 is 12.1. The number of carbonyl (C=O) groups is 2. The number of hydrogen-bond donors (Lipinski definition) is 1. The summed E-state index contributed by atoms with van der Waals surface area (Å²) in [6.07, 6.45) is 4.62. The van der Waals surface area contributed by atoms with Crippen LogP contribution in [-0.2, 0) is 20.7 Å². The third-order valence-corrected chi connectivity index (χ3v) is 3.70. The summed E-state index contributed by atoms with van der Waals surface area (Å²) in [7, 11) is 2.90. The Morgan fingerprint density at radius 3 is 2.57 bits per heavy atom. The van der Waals surface area contributed by atoms with Crippen molar-refractivity contribution >= 4 is 12.4 Å². The molecule has 0 spiro atoms. The van der Waals surface area contributed by atoms with Crippen LogP contribution in [0.3, 0.4) is 0 Å². The van der Waals surface area contributed by atoms with E-state index in [2.05, 4.69) is 5.32 Å². The molecule has 0 bridgehead atoms. The number of nitrogens with one attached hydrogen (secondary N) is 1. The van der Waals surface area contributed by atoms with E-state index in [-0.39, 0.29) is 0 Å². The molecule has 23 heavy (non-hydrogen) atoms. The zero-order chi connectivity index (χ0) is 16.9. The van der Waals surface area contributed by atoms with E-state index in [1.54, 1.807) is 14.0 Å². The molecule has 0 aliphatic rings. The van der Waals surface area contributed by atoms with Crippen LogP contribution in [0.25, 0.3) is 5.69 Å². The van der Waals surface area contributed by atoms with Crippen LogP contribution in [0.5, 0.6) is 5.75 Å². The lowest BCUT2D eigenvalue weighted by Crippen LogP contribution is -2.51. The number of carbonyl (C=O) groups excluding carboxylic acids is 2. The van der Waals surface area contributed by atoms with Crippen LogP contribution in [0.2, 0.25) is 0 Å². The Hall–Kier alpha value is -2.76. The van der Waals surface area contributed by atoms with Crippen LogP contribution in [-0.4, -0.2) is 36.7 Å². The largest absolute Gasteiger partial charge is 0.495 e. The van der Waals surface area contributed by atoms with Gasteiger partial charge in [-0.2, -0.15) is 0 Å². The smallest absolute Gasteiger partial charge is 0.331 e. The fourth-order valence-corrected chi connectivity index (χ4v) is 2.49. The minimum Gasteiger partial charge on any atom is -0.495 e. The first-order valence-corrected chi connectivity index (χ1v) is 7.14. The minimum absolute atomic E-state index is 0.302. The molecule has 2 aromatic rings. The van der Waals surface area contributed by atoms with Gasteiger partial charge in [0.2, 0.25) is 6.41 Å². The van der Waals surface area contributed by atoms with Gasteiger partial charge in [-0.3, -0.25) is 4.79 Å². The first kappa shape index (κ1) is 16.6. The lowest BCUT2D eigenvalue weighted by molar-refractivity contribution is -0.148. The molecule has 1 atom stereocenters. The zero-order valence-electron chi connectivity index (χ0n) is 13.4. The lowest BCUT2D eigenvalue weighted by atomic mass is 9.92. The molecule has 1 N–H and O–H groups in total. The van der Waals surface area contributed by atoms with E-state index in [0.29, 0.717) is 18.6 Å². The first-order valence-electron chi connectivity index (χ1n) is 7.14. The van der Waals surface area contributed by atoms with Gasteiger partial charge in [0.25, 0.3) is 0 Å². The van der Waals surface area contributed by atoms with E-state index < -0.39 is 11.5 Å². The molecule has 1 aromatic carbocycles. The van der Waals surface area contributed by atoms with Gasteiger partial charge in [0.15, 0.2) is 0 Å². The molecule has 122 valence electrons. The fraction of sp³-hybridized carbons (Fsp3) is 0.294. The van der Waals surface area contributed by atoms with Crippen molar-refractivity contribution in [2.24, 2.45) is 0 Å². The number of nitrogens with zero attached hydrogens (tertiary/aromatic N) is 1. The molecule has 0 saturated heterocycles. The van der Waals surface area contributed by atoms with E-state index in [1.807, 2.05) is 47.3 Å². The number of hydrogen-bond acceptors (Lipinski definition) is 4. The van der Waals surface area contributed by atoms with Gasteiger partial charge in [0.05, 0.1) is 19.9 Å². The van der Waals surface area contributed by atoms with Crippen molar-refractivity contribution in [2.75, 3.05) is 14.2 Å². The Labute approximate surface area is 135 Å². The van der Waals surface area contributed by atoms with Gasteiger partial charge in [-0.1, -0.05) is 6.07 Å². The second-order valence-electron chi connectivity index (χ2n) is 5.36. The van der Waals surface area contributed by atoms with E-state index in [9.17, 15) is 9.59 Å². The number of benzene rings is 1. The second kappa shape index (κ2) is 7.00. The zero-order valence-corrected chi connectivity index (χ0v) is 13.4. The third-order valence-electron chi connectivity index (χ3n) is 3.70. The normalized spacial score (nSPS) is 13.0. The van der Waals surface area contributed by atoms with E-state index in [0.717, 1.165) is 11.3 Å². The van der Waals surface area contributed by atoms with Crippen molar-refractivity contribution in [3.8, 4) is 11.4 Å². The number of ether oxygens (including phenoxy) is 2. The highest BCUT2D eigenvalue weighted by Crippen LogP contribution is 2.26. The van der Waals surface area contributed by atoms with Crippen LogP contribution in [0.15, 0.2) is 42.7 Å². The number of esters is 1. The maximum absolute atomic E-state index is 12.0. The Morgan fingerprint density at radius 2 is 2.00 bits per heavy atom. The van der Waals surface area contributed by atoms with Crippen LogP contribution >= 0.6 is 0 Å². The topological polar surface area (TPSA) is 69.6 Å². The van der Waals surface area contributed by atoms with Crippen molar-refractivity contribution in [1.29, 1.82) is 0 Å². The van der Waals surface area contributed by atoms with E-state index in [1.165, 1.54) is 7.11 Å². The molecule has 2 rings (SSSR count). The highest BCUT2D eigenvalue weighted by atomic mass is 16.5. The molecule has 0 aliphatic carbocycles. The van der Waals surface area contributed by atoms with Gasteiger partial charge >= 0.3 is 5.97 Å². The molecule has 1 amide bonds. The molecule has 0 radical (unpaired) electrons. The molecular weight excluding hydrogens is 296 g/mol. The summed E-state index contributed by atoms with van der Waals surface area (Å²) in [5, 5.41) is 2.55. The third kappa shape index (κ3) is 3.53. The van der Waals surface area contributed by atoms with Gasteiger partial charge in [0, 0.05) is 18.8 Å². The van der Waals surface area contributed by atoms with Gasteiger partial charge < -0.3 is 19.4 Å². The predicted octanol–water partition coefficient (Wildman–Crippen LogP) is 1.71. The molecule has 0 aliphatic heterocycles. The quantitative estimate of drug-likeness (QED) is 0.623. The van der Waals surface area contributed by atoms with Crippen molar-refractivity contribution < 1.29 is 19.1 Å². The monoisotopic (exact) mass is 316 g/mol. The van der Waals surface area contributed by atoms with Gasteiger partial charge in [0.1, 0.15) is 11.3 Å². The average Bonchev–Trinajstić information content (AvgIpc) is 3.08. The molecule has 0 saturated carbocycles. The maximum atomic E-state index is 12.0. The summed E-state index contributed by atoms with van der Waals surface area (Å²) in [6, 6.07) is 9.45. The van der Waals surface area contributed by atoms with Gasteiger partial charge in [-0.05, 0) is 36.8 Å². The second-order valence-corrected chi connectivity index (χ2v) is 5.36. The van der Waals surface area contributed by atoms with Crippen molar-refractivity contribution in [2.45, 2.75) is 18.9 Å². The molecule has 1 heterocycles. The molecular formula is C17H20N2O4. The molecule has 1 aromatic heterocycles. The highest BCUT2D eigenvalue weighted by molar-refractivity contribution is 5.83. The van der Waals surface area contributed by atoms with Crippen LogP contribution in [0.1, 0.15) is 12.5 Å². The molecule has 6 nitrogen and oxygen atoms in total. The fourth-order valence-electron chi connectivity index (χ4n) is 2.49. The van der Waals surface area contributed by atoms with E-state index >= 15 is 0 Å². The minimum atomic E-state index is -1.13.